The highest BCUT2D eigenvalue weighted by molar-refractivity contribution is 5.98. The van der Waals surface area contributed by atoms with Gasteiger partial charge in [0.15, 0.2) is 0 Å². The molecule has 0 bridgehead atoms. The number of pyridine rings is 2. The number of halogens is 1. The average Bonchev–Trinajstić information content (AvgIpc) is 3.76. The Morgan fingerprint density at radius 1 is 1.11 bits per heavy atom. The molecule has 4 aromatic rings. The van der Waals surface area contributed by atoms with Crippen LogP contribution in [0.25, 0.3) is 22.2 Å². The first-order valence-electron chi connectivity index (χ1n) is 12.3. The van der Waals surface area contributed by atoms with Gasteiger partial charge in [0, 0.05) is 68.0 Å². The van der Waals surface area contributed by atoms with Crippen LogP contribution < -0.4 is 10.7 Å². The van der Waals surface area contributed by atoms with Gasteiger partial charge in [0.1, 0.15) is 11.4 Å². The Labute approximate surface area is 212 Å². The molecule has 2 fully saturated rings. The summed E-state index contributed by atoms with van der Waals surface area (Å²) in [6.07, 6.45) is 8.50. The Bertz CT molecular complexity index is 1540. The number of piperazine rings is 1. The average molecular weight is 500 g/mol. The molecule has 9 nitrogen and oxygen atoms in total. The van der Waals surface area contributed by atoms with Gasteiger partial charge in [-0.15, -0.1) is 0 Å². The van der Waals surface area contributed by atoms with Crippen molar-refractivity contribution in [3.8, 4) is 11.3 Å². The van der Waals surface area contributed by atoms with Gasteiger partial charge in [0.05, 0.1) is 16.9 Å². The highest BCUT2D eigenvalue weighted by Gasteiger charge is 2.29. The summed E-state index contributed by atoms with van der Waals surface area (Å²) in [7, 11) is 2.01. The topological polar surface area (TPSA) is 96.2 Å². The molecule has 1 aromatic carbocycles. The summed E-state index contributed by atoms with van der Waals surface area (Å²) in [5.74, 6) is -0.689. The summed E-state index contributed by atoms with van der Waals surface area (Å²) in [5, 5.41) is 3.16. The van der Waals surface area contributed by atoms with Crippen LogP contribution in [0.15, 0.2) is 59.9 Å². The summed E-state index contributed by atoms with van der Waals surface area (Å²) in [6.45, 7) is 2.63. The van der Waals surface area contributed by atoms with Crippen LogP contribution in [-0.4, -0.2) is 68.5 Å². The minimum atomic E-state index is -0.619. The van der Waals surface area contributed by atoms with Crippen LogP contribution in [0, 0.1) is 5.82 Å². The summed E-state index contributed by atoms with van der Waals surface area (Å²) in [4.78, 5) is 43.4. The number of nitrogens with zero attached hydrogens (tertiary/aromatic N) is 6. The Hall–Kier alpha value is -4.18. The van der Waals surface area contributed by atoms with Crippen LogP contribution in [0.4, 0.5) is 16.0 Å². The quantitative estimate of drug-likeness (QED) is 0.449. The zero-order valence-corrected chi connectivity index (χ0v) is 20.4. The number of amides is 1. The number of benzene rings is 1. The van der Waals surface area contributed by atoms with Gasteiger partial charge in [-0.25, -0.2) is 14.4 Å². The number of hydrogen-bond acceptors (Lipinski definition) is 7. The molecule has 0 unspecified atom stereocenters. The maximum atomic E-state index is 15.3. The van der Waals surface area contributed by atoms with Crippen molar-refractivity contribution in [2.24, 2.45) is 0 Å². The van der Waals surface area contributed by atoms with E-state index in [1.165, 1.54) is 6.07 Å². The van der Waals surface area contributed by atoms with Gasteiger partial charge in [-0.1, -0.05) is 0 Å². The predicted octanol–water partition coefficient (Wildman–Crippen LogP) is 3.46. The van der Waals surface area contributed by atoms with E-state index in [0.717, 1.165) is 31.5 Å². The first-order valence-corrected chi connectivity index (χ1v) is 12.3. The standard InChI is InChI=1S/C27H26FN7O2/c1-33-9-11-34(12-10-33)26(37)20-16-35(18-4-5-18)24-14-23(21(28)13-19(24)25(20)36)32-27-30-8-6-22(31-27)17-3-2-7-29-15-17/h2-3,6-8,13-16,18H,4-5,9-12H2,1H3,(H,30,31,32). The Balaban J connectivity index is 1.38. The van der Waals surface area contributed by atoms with Gasteiger partial charge in [-0.2, -0.15) is 0 Å². The second kappa shape index (κ2) is 9.36. The lowest BCUT2D eigenvalue weighted by Crippen LogP contribution is -2.48. The van der Waals surface area contributed by atoms with E-state index in [4.69, 9.17) is 0 Å². The molecule has 0 spiro atoms. The Morgan fingerprint density at radius 3 is 2.65 bits per heavy atom. The largest absolute Gasteiger partial charge is 0.343 e. The number of nitrogens with one attached hydrogen (secondary N) is 1. The molecule has 1 aliphatic heterocycles. The fourth-order valence-corrected chi connectivity index (χ4v) is 4.67. The number of likely N-dealkylation sites (N-methyl/N-ethyl adjacent to an activating group) is 1. The number of carbonyl (C=O) groups excluding carboxylic acids is 1. The molecule has 1 saturated carbocycles. The van der Waals surface area contributed by atoms with Gasteiger partial charge < -0.3 is 19.7 Å². The first kappa shape index (κ1) is 23.2. The summed E-state index contributed by atoms with van der Waals surface area (Å²) in [5.41, 5.74) is 1.84. The minimum Gasteiger partial charge on any atom is -0.343 e. The monoisotopic (exact) mass is 499 g/mol. The maximum absolute atomic E-state index is 15.3. The normalized spacial score (nSPS) is 16.2. The molecule has 6 rings (SSSR count). The van der Waals surface area contributed by atoms with E-state index in [0.29, 0.717) is 24.3 Å². The van der Waals surface area contributed by atoms with Crippen molar-refractivity contribution >= 4 is 28.4 Å². The van der Waals surface area contributed by atoms with Crippen LogP contribution in [0.1, 0.15) is 29.2 Å². The fraction of sp³-hybridized carbons (Fsp3) is 0.296. The number of aromatic nitrogens is 4. The molecule has 1 N–H and O–H groups in total. The minimum absolute atomic E-state index is 0.0940. The van der Waals surface area contributed by atoms with Gasteiger partial charge in [-0.05, 0) is 50.2 Å². The second-order valence-corrected chi connectivity index (χ2v) is 9.59. The number of rotatable bonds is 5. The molecule has 0 atom stereocenters. The number of carbonyl (C=O) groups is 1. The van der Waals surface area contributed by atoms with E-state index in [2.05, 4.69) is 25.2 Å². The molecule has 10 heteroatoms. The van der Waals surface area contributed by atoms with Crippen molar-refractivity contribution in [1.29, 1.82) is 0 Å². The SMILES string of the molecule is CN1CCN(C(=O)c2cn(C3CC3)c3cc(Nc4nccc(-c5cccnc5)n4)c(F)cc3c2=O)CC1. The Morgan fingerprint density at radius 2 is 1.92 bits per heavy atom. The molecular formula is C27H26FN7O2. The third-order valence-electron chi connectivity index (χ3n) is 6.94. The maximum Gasteiger partial charge on any atom is 0.259 e. The third-order valence-corrected chi connectivity index (χ3v) is 6.94. The van der Waals surface area contributed by atoms with Crippen molar-refractivity contribution in [3.05, 3.63) is 76.7 Å². The molecule has 4 heterocycles. The highest BCUT2D eigenvalue weighted by Crippen LogP contribution is 2.38. The number of hydrogen-bond donors (Lipinski definition) is 1. The summed E-state index contributed by atoms with van der Waals surface area (Å²) < 4.78 is 17.3. The Kier molecular flexibility index (Phi) is 5.88. The first-order chi connectivity index (χ1) is 18.0. The van der Waals surface area contributed by atoms with Gasteiger partial charge in [-0.3, -0.25) is 14.6 Å². The van der Waals surface area contributed by atoms with Crippen molar-refractivity contribution in [2.45, 2.75) is 18.9 Å². The van der Waals surface area contributed by atoms with E-state index >= 15 is 4.39 Å². The van der Waals surface area contributed by atoms with E-state index in [9.17, 15) is 9.59 Å². The van der Waals surface area contributed by atoms with Gasteiger partial charge in [0.2, 0.25) is 11.4 Å². The fourth-order valence-electron chi connectivity index (χ4n) is 4.67. The number of anilines is 2. The lowest BCUT2D eigenvalue weighted by Gasteiger charge is -2.32. The van der Waals surface area contributed by atoms with Crippen LogP contribution in [0.5, 0.6) is 0 Å². The predicted molar refractivity (Wildman–Crippen MR) is 138 cm³/mol. The number of fused-ring (bicyclic) bond motifs is 1. The van der Waals surface area contributed by atoms with E-state index in [-0.39, 0.29) is 34.5 Å². The molecule has 1 amide bonds. The zero-order valence-electron chi connectivity index (χ0n) is 20.4. The molecule has 1 saturated heterocycles. The van der Waals surface area contributed by atoms with E-state index < -0.39 is 11.2 Å². The molecule has 2 aliphatic rings. The van der Waals surface area contributed by atoms with Crippen LogP contribution >= 0.6 is 0 Å². The van der Waals surface area contributed by atoms with Crippen LogP contribution in [0.2, 0.25) is 0 Å². The van der Waals surface area contributed by atoms with Gasteiger partial charge in [0.25, 0.3) is 5.91 Å². The molecule has 1 aliphatic carbocycles. The van der Waals surface area contributed by atoms with Crippen molar-refractivity contribution in [3.63, 3.8) is 0 Å². The van der Waals surface area contributed by atoms with Gasteiger partial charge >= 0.3 is 0 Å². The molecule has 37 heavy (non-hydrogen) atoms. The zero-order chi connectivity index (χ0) is 25.5. The lowest BCUT2D eigenvalue weighted by molar-refractivity contribution is 0.0662. The highest BCUT2D eigenvalue weighted by atomic mass is 19.1. The van der Waals surface area contributed by atoms with Crippen LogP contribution in [-0.2, 0) is 0 Å². The summed E-state index contributed by atoms with van der Waals surface area (Å²) >= 11 is 0. The molecule has 3 aromatic heterocycles. The van der Waals surface area contributed by atoms with Crippen LogP contribution in [0.3, 0.4) is 0 Å². The van der Waals surface area contributed by atoms with Crippen molar-refractivity contribution < 1.29 is 9.18 Å². The van der Waals surface area contributed by atoms with Crippen molar-refractivity contribution in [1.82, 2.24) is 29.3 Å². The van der Waals surface area contributed by atoms with E-state index in [1.807, 2.05) is 23.7 Å². The molecule has 0 radical (unpaired) electrons. The van der Waals surface area contributed by atoms with E-state index in [1.54, 1.807) is 41.8 Å². The molecular weight excluding hydrogens is 473 g/mol. The van der Waals surface area contributed by atoms with Crippen molar-refractivity contribution in [2.75, 3.05) is 38.5 Å². The lowest BCUT2D eigenvalue weighted by atomic mass is 10.1. The summed E-state index contributed by atoms with van der Waals surface area (Å²) in [6, 6.07) is 8.44. The second-order valence-electron chi connectivity index (χ2n) is 9.59. The molecule has 188 valence electrons. The third kappa shape index (κ3) is 4.55. The smallest absolute Gasteiger partial charge is 0.259 e.